The van der Waals surface area contributed by atoms with Crippen molar-refractivity contribution in [1.29, 1.82) is 0 Å². The van der Waals surface area contributed by atoms with Gasteiger partial charge in [0, 0.05) is 11.9 Å². The molecule has 1 fully saturated rings. The molecule has 1 aromatic heterocycles. The molecule has 3 N–H and O–H groups in total. The van der Waals surface area contributed by atoms with Crippen LogP contribution in [-0.4, -0.2) is 32.0 Å². The Hall–Kier alpha value is -2.16. The maximum absolute atomic E-state index is 11.5. The van der Waals surface area contributed by atoms with Gasteiger partial charge < -0.3 is 19.8 Å². The Kier molecular flexibility index (Phi) is 4.44. The molecule has 0 bridgehead atoms. The zero-order valence-electron chi connectivity index (χ0n) is 12.9. The van der Waals surface area contributed by atoms with Crippen LogP contribution in [0.5, 0.6) is 0 Å². The minimum Gasteiger partial charge on any atom is -0.543 e. The number of piperidine rings is 1. The SMILES string of the molecule is NS(=O)(=O)c1ccn(-c2ccc(C3CCNCC3)cc2)c1C(=O)[O-]. The molecule has 0 radical (unpaired) electrons. The number of carbonyl (C=O) groups is 1. The van der Waals surface area contributed by atoms with Crippen molar-refractivity contribution in [3.63, 3.8) is 0 Å². The van der Waals surface area contributed by atoms with Gasteiger partial charge in [0.2, 0.25) is 10.0 Å². The first-order valence-corrected chi connectivity index (χ1v) is 9.19. The Balaban J connectivity index is 1.97. The molecule has 0 atom stereocenters. The summed E-state index contributed by atoms with van der Waals surface area (Å²) in [6, 6.07) is 8.61. The van der Waals surface area contributed by atoms with Crippen molar-refractivity contribution in [2.75, 3.05) is 13.1 Å². The molecule has 2 heterocycles. The van der Waals surface area contributed by atoms with Crippen molar-refractivity contribution in [2.24, 2.45) is 5.14 Å². The van der Waals surface area contributed by atoms with Crippen molar-refractivity contribution in [2.45, 2.75) is 23.7 Å². The molecule has 1 aliphatic rings. The summed E-state index contributed by atoms with van der Waals surface area (Å²) < 4.78 is 24.3. The minimum absolute atomic E-state index is 0.454. The molecule has 0 spiro atoms. The van der Waals surface area contributed by atoms with Gasteiger partial charge in [-0.15, -0.1) is 0 Å². The predicted molar refractivity (Wildman–Crippen MR) is 86.3 cm³/mol. The first-order chi connectivity index (χ1) is 11.4. The fraction of sp³-hybridized carbons (Fsp3) is 0.312. The number of carbonyl (C=O) groups excluding carboxylic acids is 1. The van der Waals surface area contributed by atoms with Crippen LogP contribution in [0, 0.1) is 0 Å². The lowest BCUT2D eigenvalue weighted by molar-refractivity contribution is -0.256. The van der Waals surface area contributed by atoms with Crippen LogP contribution in [-0.2, 0) is 10.0 Å². The molecule has 8 heteroatoms. The highest BCUT2D eigenvalue weighted by Gasteiger charge is 2.20. The number of hydrogen-bond donors (Lipinski definition) is 2. The van der Waals surface area contributed by atoms with Gasteiger partial charge in [0.1, 0.15) is 4.90 Å². The van der Waals surface area contributed by atoms with E-state index in [2.05, 4.69) is 5.32 Å². The second-order valence-electron chi connectivity index (χ2n) is 5.85. The topological polar surface area (TPSA) is 117 Å². The molecule has 0 unspecified atom stereocenters. The summed E-state index contributed by atoms with van der Waals surface area (Å²) in [6.45, 7) is 1.97. The van der Waals surface area contributed by atoms with E-state index in [0.29, 0.717) is 11.6 Å². The van der Waals surface area contributed by atoms with E-state index in [1.54, 1.807) is 12.1 Å². The van der Waals surface area contributed by atoms with Crippen molar-refractivity contribution in [3.05, 3.63) is 47.8 Å². The van der Waals surface area contributed by atoms with Crippen molar-refractivity contribution < 1.29 is 18.3 Å². The Morgan fingerprint density at radius 1 is 1.17 bits per heavy atom. The summed E-state index contributed by atoms with van der Waals surface area (Å²) in [7, 11) is -4.14. The summed E-state index contributed by atoms with van der Waals surface area (Å²) in [4.78, 5) is 10.9. The first kappa shape index (κ1) is 16.7. The van der Waals surface area contributed by atoms with Crippen LogP contribution in [0.25, 0.3) is 5.69 Å². The maximum Gasteiger partial charge on any atom is 0.240 e. The third-order valence-corrected chi connectivity index (χ3v) is 5.27. The average molecular weight is 348 g/mol. The van der Waals surface area contributed by atoms with Gasteiger partial charge in [0.05, 0.1) is 11.7 Å². The van der Waals surface area contributed by atoms with Crippen LogP contribution in [0.1, 0.15) is 34.8 Å². The average Bonchev–Trinajstić information content (AvgIpc) is 3.01. The number of aromatic carboxylic acids is 1. The number of primary sulfonamides is 1. The lowest BCUT2D eigenvalue weighted by Crippen LogP contribution is -2.28. The number of nitrogens with two attached hydrogens (primary N) is 1. The van der Waals surface area contributed by atoms with E-state index in [1.165, 1.54) is 22.4 Å². The number of carboxylic acid groups (broad SMARTS) is 1. The van der Waals surface area contributed by atoms with Gasteiger partial charge in [-0.05, 0) is 55.6 Å². The monoisotopic (exact) mass is 348 g/mol. The lowest BCUT2D eigenvalue weighted by atomic mass is 9.90. The Labute approximate surface area is 140 Å². The maximum atomic E-state index is 11.5. The Bertz CT molecular complexity index is 850. The minimum atomic E-state index is -4.14. The lowest BCUT2D eigenvalue weighted by Gasteiger charge is -2.23. The van der Waals surface area contributed by atoms with E-state index in [-0.39, 0.29) is 0 Å². The van der Waals surface area contributed by atoms with Crippen LogP contribution < -0.4 is 15.6 Å². The van der Waals surface area contributed by atoms with Gasteiger partial charge in [0.25, 0.3) is 0 Å². The number of carboxylic acids is 1. The molecular weight excluding hydrogens is 330 g/mol. The van der Waals surface area contributed by atoms with Crippen LogP contribution in [0.2, 0.25) is 0 Å². The van der Waals surface area contributed by atoms with Gasteiger partial charge in [-0.2, -0.15) is 0 Å². The highest BCUT2D eigenvalue weighted by atomic mass is 32.2. The third-order valence-electron chi connectivity index (χ3n) is 4.33. The normalized spacial score (nSPS) is 16.2. The summed E-state index contributed by atoms with van der Waals surface area (Å²) in [5, 5.41) is 19.8. The molecule has 2 aromatic rings. The van der Waals surface area contributed by atoms with Gasteiger partial charge in [-0.3, -0.25) is 0 Å². The molecular formula is C16H18N3O4S-. The number of nitrogens with one attached hydrogen (secondary N) is 1. The first-order valence-electron chi connectivity index (χ1n) is 7.64. The second kappa shape index (κ2) is 6.39. The number of rotatable bonds is 4. The number of aromatic nitrogens is 1. The molecule has 128 valence electrons. The predicted octanol–water partition coefficient (Wildman–Crippen LogP) is -0.0448. The fourth-order valence-corrected chi connectivity index (χ4v) is 3.82. The fourth-order valence-electron chi connectivity index (χ4n) is 3.12. The van der Waals surface area contributed by atoms with Gasteiger partial charge in [-0.25, -0.2) is 13.6 Å². The van der Waals surface area contributed by atoms with E-state index >= 15 is 0 Å². The molecule has 1 aromatic carbocycles. The molecule has 7 nitrogen and oxygen atoms in total. The van der Waals surface area contributed by atoms with Crippen LogP contribution in [0.15, 0.2) is 41.4 Å². The van der Waals surface area contributed by atoms with E-state index in [9.17, 15) is 18.3 Å². The van der Waals surface area contributed by atoms with Crippen LogP contribution in [0.4, 0.5) is 0 Å². The third kappa shape index (κ3) is 3.21. The summed E-state index contributed by atoms with van der Waals surface area (Å²) in [5.41, 5.74) is 1.27. The van der Waals surface area contributed by atoms with E-state index in [0.717, 1.165) is 25.9 Å². The highest BCUT2D eigenvalue weighted by molar-refractivity contribution is 7.89. The van der Waals surface area contributed by atoms with Crippen molar-refractivity contribution >= 4 is 16.0 Å². The smallest absolute Gasteiger partial charge is 0.240 e. The molecule has 1 aliphatic heterocycles. The largest absolute Gasteiger partial charge is 0.543 e. The summed E-state index contributed by atoms with van der Waals surface area (Å²) in [6.07, 6.45) is 3.48. The number of benzene rings is 1. The second-order valence-corrected chi connectivity index (χ2v) is 7.38. The molecule has 1 saturated heterocycles. The quantitative estimate of drug-likeness (QED) is 0.804. The van der Waals surface area contributed by atoms with E-state index < -0.39 is 26.6 Å². The molecule has 0 amide bonds. The summed E-state index contributed by atoms with van der Waals surface area (Å²) >= 11 is 0. The molecule has 0 aliphatic carbocycles. The van der Waals surface area contributed by atoms with E-state index in [1.807, 2.05) is 12.1 Å². The highest BCUT2D eigenvalue weighted by Crippen LogP contribution is 2.27. The van der Waals surface area contributed by atoms with Crippen LogP contribution in [0.3, 0.4) is 0 Å². The Morgan fingerprint density at radius 3 is 2.33 bits per heavy atom. The van der Waals surface area contributed by atoms with Crippen molar-refractivity contribution in [3.8, 4) is 5.69 Å². The van der Waals surface area contributed by atoms with Gasteiger partial charge in [-0.1, -0.05) is 12.1 Å². The standard InChI is InChI=1S/C16H19N3O4S/c17-24(22,23)14-7-10-19(15(14)16(20)21)13-3-1-11(2-4-13)12-5-8-18-9-6-12/h1-4,7,10,12,18H,5-6,8-9H2,(H,20,21)(H2,17,22,23)/p-1. The summed E-state index contributed by atoms with van der Waals surface area (Å²) in [5.74, 6) is -1.11. The zero-order valence-corrected chi connectivity index (χ0v) is 13.8. The van der Waals surface area contributed by atoms with Crippen LogP contribution >= 0.6 is 0 Å². The number of hydrogen-bond acceptors (Lipinski definition) is 5. The molecule has 0 saturated carbocycles. The molecule has 24 heavy (non-hydrogen) atoms. The number of sulfonamides is 1. The molecule has 3 rings (SSSR count). The Morgan fingerprint density at radius 2 is 1.79 bits per heavy atom. The van der Waals surface area contributed by atoms with E-state index in [4.69, 9.17) is 5.14 Å². The van der Waals surface area contributed by atoms with Crippen molar-refractivity contribution in [1.82, 2.24) is 9.88 Å². The van der Waals surface area contributed by atoms with Gasteiger partial charge >= 0.3 is 0 Å². The number of nitrogens with zero attached hydrogens (tertiary/aromatic N) is 1. The van der Waals surface area contributed by atoms with Gasteiger partial charge in [0.15, 0.2) is 0 Å². The zero-order chi connectivity index (χ0) is 17.3.